The van der Waals surface area contributed by atoms with E-state index in [4.69, 9.17) is 10.3 Å². The zero-order valence-corrected chi connectivity index (χ0v) is 12.3. The quantitative estimate of drug-likeness (QED) is 0.571. The van der Waals surface area contributed by atoms with Crippen LogP contribution in [0.25, 0.3) is 11.0 Å². The maximum atomic E-state index is 5.89. The van der Waals surface area contributed by atoms with Crippen LogP contribution in [-0.2, 0) is 6.42 Å². The monoisotopic (exact) mass is 287 g/mol. The summed E-state index contributed by atoms with van der Waals surface area (Å²) in [6, 6.07) is 8.14. The Hall–Kier alpha value is -1.69. The van der Waals surface area contributed by atoms with Crippen LogP contribution in [0.5, 0.6) is 0 Å². The van der Waals surface area contributed by atoms with Crippen molar-refractivity contribution in [3.05, 3.63) is 51.7 Å². The molecule has 2 heterocycles. The number of hydrazine groups is 1. The normalized spacial score (nSPS) is 12.9. The van der Waals surface area contributed by atoms with Crippen LogP contribution in [0.1, 0.15) is 28.1 Å². The number of aromatic nitrogens is 1. The average Bonchev–Trinajstić information content (AvgIpc) is 3.01. The molecule has 0 radical (unpaired) electrons. The van der Waals surface area contributed by atoms with E-state index in [1.807, 2.05) is 25.1 Å². The summed E-state index contributed by atoms with van der Waals surface area (Å²) in [5.74, 6) is 6.52. The summed E-state index contributed by atoms with van der Waals surface area (Å²) in [5.41, 5.74) is 5.97. The van der Waals surface area contributed by atoms with Gasteiger partial charge in [-0.2, -0.15) is 0 Å². The highest BCUT2D eigenvalue weighted by Gasteiger charge is 2.17. The molecule has 0 aliphatic carbocycles. The van der Waals surface area contributed by atoms with E-state index in [0.717, 1.165) is 33.9 Å². The molecule has 3 rings (SSSR count). The number of hydrogen-bond donors (Lipinski definition) is 2. The first-order chi connectivity index (χ1) is 9.65. The number of aryl methyl sites for hydroxylation is 2. The van der Waals surface area contributed by atoms with Crippen LogP contribution in [0.3, 0.4) is 0 Å². The lowest BCUT2D eigenvalue weighted by Gasteiger charge is -2.11. The van der Waals surface area contributed by atoms with Gasteiger partial charge in [0.1, 0.15) is 11.3 Å². The van der Waals surface area contributed by atoms with E-state index in [1.54, 1.807) is 11.3 Å². The van der Waals surface area contributed by atoms with Crippen molar-refractivity contribution in [2.75, 3.05) is 0 Å². The molecular formula is C15H17N3OS. The molecule has 4 nitrogen and oxygen atoms in total. The molecule has 104 valence electrons. The lowest BCUT2D eigenvalue weighted by molar-refractivity contribution is 0.432. The maximum absolute atomic E-state index is 5.89. The minimum atomic E-state index is -0.0655. The fourth-order valence-electron chi connectivity index (χ4n) is 2.31. The molecule has 0 saturated carbocycles. The van der Waals surface area contributed by atoms with Gasteiger partial charge >= 0.3 is 0 Å². The molecule has 0 spiro atoms. The van der Waals surface area contributed by atoms with Gasteiger partial charge in [-0.25, -0.2) is 10.4 Å². The van der Waals surface area contributed by atoms with Crippen molar-refractivity contribution in [3.63, 3.8) is 0 Å². The van der Waals surface area contributed by atoms with E-state index in [9.17, 15) is 0 Å². The Morgan fingerprint density at radius 3 is 2.90 bits per heavy atom. The highest BCUT2D eigenvalue weighted by atomic mass is 32.1. The van der Waals surface area contributed by atoms with Crippen molar-refractivity contribution in [1.82, 2.24) is 10.4 Å². The van der Waals surface area contributed by atoms with Gasteiger partial charge in [0.25, 0.3) is 0 Å². The number of rotatable bonds is 4. The number of furan rings is 1. The summed E-state index contributed by atoms with van der Waals surface area (Å²) in [6.45, 7) is 4.08. The molecule has 0 amide bonds. The van der Waals surface area contributed by atoms with Gasteiger partial charge in [-0.15, -0.1) is 11.3 Å². The molecule has 1 aromatic carbocycles. The van der Waals surface area contributed by atoms with Crippen LogP contribution in [0.2, 0.25) is 0 Å². The van der Waals surface area contributed by atoms with E-state index in [-0.39, 0.29) is 6.04 Å². The molecule has 0 aliphatic heterocycles. The minimum Gasteiger partial charge on any atom is -0.459 e. The third kappa shape index (κ3) is 2.60. The number of nitrogens with two attached hydrogens (primary N) is 1. The molecule has 1 unspecified atom stereocenters. The van der Waals surface area contributed by atoms with Gasteiger partial charge in [0.05, 0.1) is 16.7 Å². The number of hydrogen-bond acceptors (Lipinski definition) is 5. The molecule has 0 saturated heterocycles. The van der Waals surface area contributed by atoms with Gasteiger partial charge in [-0.3, -0.25) is 5.84 Å². The first kappa shape index (κ1) is 13.3. The third-order valence-electron chi connectivity index (χ3n) is 3.32. The molecule has 0 bridgehead atoms. The van der Waals surface area contributed by atoms with E-state index < -0.39 is 0 Å². The SMILES string of the molecule is Cc1ccc2oc(C(Cc3csc(C)n3)NN)cc2c1. The summed E-state index contributed by atoms with van der Waals surface area (Å²) < 4.78 is 5.89. The van der Waals surface area contributed by atoms with Gasteiger partial charge in [0.15, 0.2) is 0 Å². The standard InChI is InChI=1S/C15H17N3OS/c1-9-3-4-14-11(5-9)6-15(19-14)13(18-16)7-12-8-20-10(2)17-12/h3-6,8,13,18H,7,16H2,1-2H3. The van der Waals surface area contributed by atoms with Crippen molar-refractivity contribution < 1.29 is 4.42 Å². The van der Waals surface area contributed by atoms with Gasteiger partial charge in [-0.1, -0.05) is 11.6 Å². The fourth-order valence-corrected chi connectivity index (χ4v) is 2.93. The lowest BCUT2D eigenvalue weighted by atomic mass is 10.1. The zero-order valence-electron chi connectivity index (χ0n) is 11.5. The van der Waals surface area contributed by atoms with Crippen LogP contribution in [-0.4, -0.2) is 4.98 Å². The second-order valence-corrected chi connectivity index (χ2v) is 6.03. The molecule has 20 heavy (non-hydrogen) atoms. The van der Waals surface area contributed by atoms with E-state index >= 15 is 0 Å². The largest absolute Gasteiger partial charge is 0.459 e. The highest BCUT2D eigenvalue weighted by Crippen LogP contribution is 2.26. The van der Waals surface area contributed by atoms with Crippen molar-refractivity contribution in [2.24, 2.45) is 5.84 Å². The van der Waals surface area contributed by atoms with Crippen molar-refractivity contribution in [1.29, 1.82) is 0 Å². The summed E-state index contributed by atoms with van der Waals surface area (Å²) in [6.07, 6.45) is 0.722. The number of nitrogens with one attached hydrogen (secondary N) is 1. The van der Waals surface area contributed by atoms with Crippen molar-refractivity contribution >= 4 is 22.3 Å². The predicted octanol–water partition coefficient (Wildman–Crippen LogP) is 3.25. The smallest absolute Gasteiger partial charge is 0.134 e. The maximum Gasteiger partial charge on any atom is 0.134 e. The highest BCUT2D eigenvalue weighted by molar-refractivity contribution is 7.09. The molecule has 3 aromatic rings. The number of fused-ring (bicyclic) bond motifs is 1. The molecule has 0 fully saturated rings. The topological polar surface area (TPSA) is 64.1 Å². The summed E-state index contributed by atoms with van der Waals surface area (Å²) in [5, 5.41) is 4.23. The predicted molar refractivity (Wildman–Crippen MR) is 81.6 cm³/mol. The van der Waals surface area contributed by atoms with Crippen molar-refractivity contribution in [3.8, 4) is 0 Å². The Kier molecular flexibility index (Phi) is 3.56. The van der Waals surface area contributed by atoms with E-state index in [2.05, 4.69) is 28.8 Å². The fraction of sp³-hybridized carbons (Fsp3) is 0.267. The summed E-state index contributed by atoms with van der Waals surface area (Å²) in [4.78, 5) is 4.47. The third-order valence-corrected chi connectivity index (χ3v) is 4.14. The Labute approximate surface area is 121 Å². The lowest BCUT2D eigenvalue weighted by Crippen LogP contribution is -2.29. The Balaban J connectivity index is 1.90. The van der Waals surface area contributed by atoms with Gasteiger partial charge < -0.3 is 4.42 Å². The molecular weight excluding hydrogens is 270 g/mol. The number of benzene rings is 1. The van der Waals surface area contributed by atoms with Gasteiger partial charge in [-0.05, 0) is 32.0 Å². The van der Waals surface area contributed by atoms with Crippen LogP contribution < -0.4 is 11.3 Å². The van der Waals surface area contributed by atoms with Crippen LogP contribution in [0.4, 0.5) is 0 Å². The van der Waals surface area contributed by atoms with Crippen molar-refractivity contribution in [2.45, 2.75) is 26.3 Å². The van der Waals surface area contributed by atoms with Crippen LogP contribution in [0.15, 0.2) is 34.1 Å². The summed E-state index contributed by atoms with van der Waals surface area (Å²) >= 11 is 1.65. The first-order valence-corrected chi connectivity index (χ1v) is 7.41. The van der Waals surface area contributed by atoms with Crippen LogP contribution in [0, 0.1) is 13.8 Å². The van der Waals surface area contributed by atoms with E-state index in [1.165, 1.54) is 5.56 Å². The number of nitrogens with zero attached hydrogens (tertiary/aromatic N) is 1. The average molecular weight is 287 g/mol. The molecule has 2 aromatic heterocycles. The second-order valence-electron chi connectivity index (χ2n) is 4.97. The van der Waals surface area contributed by atoms with Gasteiger partial charge in [0.2, 0.25) is 0 Å². The zero-order chi connectivity index (χ0) is 14.1. The Bertz CT molecular complexity index is 732. The summed E-state index contributed by atoms with van der Waals surface area (Å²) in [7, 11) is 0. The Morgan fingerprint density at radius 2 is 2.20 bits per heavy atom. The van der Waals surface area contributed by atoms with Gasteiger partial charge in [0, 0.05) is 17.2 Å². The number of thiazole rings is 1. The molecule has 0 aliphatic rings. The van der Waals surface area contributed by atoms with Crippen LogP contribution >= 0.6 is 11.3 Å². The molecule has 5 heteroatoms. The Morgan fingerprint density at radius 1 is 1.35 bits per heavy atom. The van der Waals surface area contributed by atoms with E-state index in [0.29, 0.717) is 0 Å². The minimum absolute atomic E-state index is 0.0655. The molecule has 1 atom stereocenters. The second kappa shape index (κ2) is 5.36. The first-order valence-electron chi connectivity index (χ1n) is 6.53. The molecule has 3 N–H and O–H groups in total.